The Hall–Kier alpha value is -4.03. The number of aromatic amines is 1. The number of ketones is 1. The number of nitrogens with one attached hydrogen (secondary N) is 1. The van der Waals surface area contributed by atoms with Crippen LogP contribution in [0.1, 0.15) is 36.7 Å². The predicted molar refractivity (Wildman–Crippen MR) is 146 cm³/mol. The molecule has 0 radical (unpaired) electrons. The van der Waals surface area contributed by atoms with Gasteiger partial charge < -0.3 is 14.8 Å². The number of aliphatic hydroxyl groups is 1. The molecule has 1 aliphatic rings. The fourth-order valence-corrected chi connectivity index (χ4v) is 4.96. The zero-order valence-corrected chi connectivity index (χ0v) is 21.5. The first kappa shape index (κ1) is 24.7. The first-order chi connectivity index (χ1) is 17.8. The molecule has 1 amide bonds. The van der Waals surface area contributed by atoms with Crippen molar-refractivity contribution in [3.05, 3.63) is 100 Å². The lowest BCUT2D eigenvalue weighted by Gasteiger charge is -2.26. The highest BCUT2D eigenvalue weighted by Crippen LogP contribution is 2.45. The van der Waals surface area contributed by atoms with E-state index < -0.39 is 17.7 Å². The van der Waals surface area contributed by atoms with Gasteiger partial charge in [0.25, 0.3) is 11.7 Å². The molecule has 1 unspecified atom stereocenters. The molecule has 1 aliphatic heterocycles. The Balaban J connectivity index is 1.69. The smallest absolute Gasteiger partial charge is 0.300 e. The standard InChI is InChI=1S/C30H27ClN2O4/c1-17(2)16-37-22-13-11-19(12-14-22)28(34)26-27(25-18(3)32-24-10-5-4-9-23(24)25)33(30(36)29(26)35)21-8-6-7-20(31)15-21/h4-15,17,27,32,34H,16H2,1-3H3/b28-26+. The van der Waals surface area contributed by atoms with Gasteiger partial charge in [0.2, 0.25) is 0 Å². The van der Waals surface area contributed by atoms with E-state index in [1.165, 1.54) is 4.90 Å². The van der Waals surface area contributed by atoms with E-state index in [0.717, 1.165) is 22.2 Å². The Morgan fingerprint density at radius 2 is 1.78 bits per heavy atom. The van der Waals surface area contributed by atoms with Crippen LogP contribution in [0.25, 0.3) is 16.7 Å². The summed E-state index contributed by atoms with van der Waals surface area (Å²) in [5.41, 5.74) is 3.33. The van der Waals surface area contributed by atoms with Gasteiger partial charge in [-0.2, -0.15) is 0 Å². The molecule has 0 aliphatic carbocycles. The van der Waals surface area contributed by atoms with Gasteiger partial charge in [-0.25, -0.2) is 0 Å². The van der Waals surface area contributed by atoms with Crippen molar-refractivity contribution in [2.75, 3.05) is 11.5 Å². The molecule has 188 valence electrons. The Bertz CT molecular complexity index is 1530. The number of rotatable bonds is 6. The summed E-state index contributed by atoms with van der Waals surface area (Å²) in [7, 11) is 0. The van der Waals surface area contributed by atoms with Crippen molar-refractivity contribution >= 4 is 45.6 Å². The van der Waals surface area contributed by atoms with Crippen LogP contribution in [0, 0.1) is 12.8 Å². The van der Waals surface area contributed by atoms with Gasteiger partial charge in [0.1, 0.15) is 11.5 Å². The van der Waals surface area contributed by atoms with E-state index in [1.54, 1.807) is 48.5 Å². The zero-order chi connectivity index (χ0) is 26.3. The number of hydrogen-bond donors (Lipinski definition) is 2. The van der Waals surface area contributed by atoms with Gasteiger partial charge in [-0.05, 0) is 61.4 Å². The zero-order valence-electron chi connectivity index (χ0n) is 20.8. The topological polar surface area (TPSA) is 82.6 Å². The van der Waals surface area contributed by atoms with Crippen molar-refractivity contribution in [1.29, 1.82) is 0 Å². The molecule has 7 heteroatoms. The van der Waals surface area contributed by atoms with Crippen LogP contribution in [0.2, 0.25) is 5.02 Å². The van der Waals surface area contributed by atoms with Crippen LogP contribution in [0.3, 0.4) is 0 Å². The molecule has 2 N–H and O–H groups in total. The van der Waals surface area contributed by atoms with Gasteiger partial charge in [-0.1, -0.05) is 49.7 Å². The number of carbonyl (C=O) groups excluding carboxylic acids is 2. The molecule has 0 spiro atoms. The maximum atomic E-state index is 13.5. The normalized spacial score (nSPS) is 17.2. The molecule has 1 fully saturated rings. The second-order valence-electron chi connectivity index (χ2n) is 9.59. The molecule has 2 heterocycles. The van der Waals surface area contributed by atoms with Crippen LogP contribution >= 0.6 is 11.6 Å². The van der Waals surface area contributed by atoms with Crippen LogP contribution in [-0.4, -0.2) is 28.4 Å². The number of para-hydroxylation sites is 1. The number of hydrogen-bond acceptors (Lipinski definition) is 4. The maximum absolute atomic E-state index is 13.5. The van der Waals surface area contributed by atoms with Crippen LogP contribution in [0.4, 0.5) is 5.69 Å². The summed E-state index contributed by atoms with van der Waals surface area (Å²) in [5.74, 6) is -0.695. The Kier molecular flexibility index (Phi) is 6.52. The van der Waals surface area contributed by atoms with Crippen molar-refractivity contribution in [2.45, 2.75) is 26.8 Å². The number of aliphatic hydroxyl groups excluding tert-OH is 1. The van der Waals surface area contributed by atoms with E-state index in [9.17, 15) is 14.7 Å². The monoisotopic (exact) mass is 514 g/mol. The number of aryl methyl sites for hydroxylation is 1. The highest BCUT2D eigenvalue weighted by molar-refractivity contribution is 6.52. The molecule has 4 aromatic rings. The minimum atomic E-state index is -0.855. The van der Waals surface area contributed by atoms with E-state index in [-0.39, 0.29) is 11.3 Å². The lowest BCUT2D eigenvalue weighted by Crippen LogP contribution is -2.29. The van der Waals surface area contributed by atoms with Crippen LogP contribution in [-0.2, 0) is 9.59 Å². The van der Waals surface area contributed by atoms with E-state index in [1.807, 2.05) is 31.2 Å². The summed E-state index contributed by atoms with van der Waals surface area (Å²) in [4.78, 5) is 31.8. The van der Waals surface area contributed by atoms with E-state index in [4.69, 9.17) is 16.3 Å². The Morgan fingerprint density at radius 1 is 1.05 bits per heavy atom. The molecule has 0 saturated carbocycles. The summed E-state index contributed by atoms with van der Waals surface area (Å²) in [6.45, 7) is 6.59. The summed E-state index contributed by atoms with van der Waals surface area (Å²) < 4.78 is 5.75. The highest BCUT2D eigenvalue weighted by Gasteiger charge is 2.48. The van der Waals surface area contributed by atoms with Crippen LogP contribution in [0.5, 0.6) is 5.75 Å². The highest BCUT2D eigenvalue weighted by atomic mass is 35.5. The third-order valence-corrected chi connectivity index (χ3v) is 6.69. The number of Topliss-reactive ketones (excluding diaryl/α,β-unsaturated/α-hetero) is 1. The minimum Gasteiger partial charge on any atom is -0.507 e. The number of ether oxygens (including phenoxy) is 1. The molecule has 0 bridgehead atoms. The fourth-order valence-electron chi connectivity index (χ4n) is 4.78. The number of fused-ring (bicyclic) bond motifs is 1. The first-order valence-corrected chi connectivity index (χ1v) is 12.5. The molecular formula is C30H27ClN2O4. The Morgan fingerprint density at radius 3 is 2.49 bits per heavy atom. The molecule has 5 rings (SSSR count). The van der Waals surface area contributed by atoms with Gasteiger partial charge in [0.05, 0.1) is 18.2 Å². The number of aromatic nitrogens is 1. The SMILES string of the molecule is Cc1[nH]c2ccccc2c1C1/C(=C(\O)c2ccc(OCC(C)C)cc2)C(=O)C(=O)N1c1cccc(Cl)c1. The lowest BCUT2D eigenvalue weighted by atomic mass is 9.93. The van der Waals surface area contributed by atoms with E-state index >= 15 is 0 Å². The Labute approximate surface area is 220 Å². The number of halogens is 1. The van der Waals surface area contributed by atoms with Gasteiger partial charge in [0.15, 0.2) is 0 Å². The molecule has 1 saturated heterocycles. The van der Waals surface area contributed by atoms with Crippen molar-refractivity contribution in [3.8, 4) is 5.75 Å². The number of H-pyrrole nitrogens is 1. The predicted octanol–water partition coefficient (Wildman–Crippen LogP) is 6.79. The summed E-state index contributed by atoms with van der Waals surface area (Å²) in [6, 6.07) is 20.5. The number of anilines is 1. The molecule has 1 atom stereocenters. The third-order valence-electron chi connectivity index (χ3n) is 6.46. The first-order valence-electron chi connectivity index (χ1n) is 12.1. The summed E-state index contributed by atoms with van der Waals surface area (Å²) in [5, 5.41) is 12.8. The third kappa shape index (κ3) is 4.49. The van der Waals surface area contributed by atoms with Crippen LogP contribution in [0.15, 0.2) is 78.4 Å². The van der Waals surface area contributed by atoms with Crippen molar-refractivity contribution in [3.63, 3.8) is 0 Å². The van der Waals surface area contributed by atoms with Gasteiger partial charge in [0, 0.05) is 38.4 Å². The molecule has 3 aromatic carbocycles. The van der Waals surface area contributed by atoms with Crippen LogP contribution < -0.4 is 9.64 Å². The molecule has 6 nitrogen and oxygen atoms in total. The van der Waals surface area contributed by atoms with Crippen molar-refractivity contribution in [2.24, 2.45) is 5.92 Å². The van der Waals surface area contributed by atoms with Gasteiger partial charge >= 0.3 is 0 Å². The van der Waals surface area contributed by atoms with Gasteiger partial charge in [-0.15, -0.1) is 0 Å². The molecule has 1 aromatic heterocycles. The fraction of sp³-hybridized carbons (Fsp3) is 0.200. The summed E-state index contributed by atoms with van der Waals surface area (Å²) in [6.07, 6.45) is 0. The molecule has 37 heavy (non-hydrogen) atoms. The maximum Gasteiger partial charge on any atom is 0.300 e. The average molecular weight is 515 g/mol. The number of carbonyl (C=O) groups is 2. The van der Waals surface area contributed by atoms with Crippen molar-refractivity contribution < 1.29 is 19.4 Å². The number of benzene rings is 3. The minimum absolute atomic E-state index is 0.0219. The quantitative estimate of drug-likeness (QED) is 0.168. The molecular weight excluding hydrogens is 488 g/mol. The van der Waals surface area contributed by atoms with E-state index in [2.05, 4.69) is 18.8 Å². The largest absolute Gasteiger partial charge is 0.507 e. The van der Waals surface area contributed by atoms with Crippen molar-refractivity contribution in [1.82, 2.24) is 4.98 Å². The summed E-state index contributed by atoms with van der Waals surface area (Å²) >= 11 is 6.26. The van der Waals surface area contributed by atoms with Gasteiger partial charge in [-0.3, -0.25) is 14.5 Å². The van der Waals surface area contributed by atoms with E-state index in [0.29, 0.717) is 34.5 Å². The average Bonchev–Trinajstić information content (AvgIpc) is 3.34. The lowest BCUT2D eigenvalue weighted by molar-refractivity contribution is -0.132. The number of amides is 1. The second-order valence-corrected chi connectivity index (χ2v) is 10.0. The second kappa shape index (κ2) is 9.79. The number of nitrogens with zero attached hydrogens (tertiary/aromatic N) is 1.